The van der Waals surface area contributed by atoms with E-state index in [0.717, 1.165) is 27.8 Å². The Labute approximate surface area is 205 Å². The Balaban J connectivity index is 1.48. The van der Waals surface area contributed by atoms with Crippen molar-refractivity contribution in [1.82, 2.24) is 29.7 Å². The van der Waals surface area contributed by atoms with Crippen molar-refractivity contribution in [3.63, 3.8) is 0 Å². The third kappa shape index (κ3) is 3.97. The van der Waals surface area contributed by atoms with Gasteiger partial charge in [0, 0.05) is 29.7 Å². The summed E-state index contributed by atoms with van der Waals surface area (Å²) in [5.41, 5.74) is 5.37. The standard InChI is InChI=1S/C28H18N6O2/c35-28(36)22-12-13-31-25(17-22)34-27(21-10-11-23-24(16-21)30-15-14-29-23)32-26(33-34)20-8-6-19(7-9-20)18-4-2-1-3-5-18/h1-17H,(H,35,36). The van der Waals surface area contributed by atoms with Crippen molar-refractivity contribution in [1.29, 1.82) is 0 Å². The van der Waals surface area contributed by atoms with E-state index in [0.29, 0.717) is 23.0 Å². The molecule has 8 nitrogen and oxygen atoms in total. The molecular weight excluding hydrogens is 452 g/mol. The second-order valence-electron chi connectivity index (χ2n) is 8.08. The van der Waals surface area contributed by atoms with E-state index in [2.05, 4.69) is 27.1 Å². The largest absolute Gasteiger partial charge is 0.478 e. The lowest BCUT2D eigenvalue weighted by atomic mass is 10.0. The molecule has 0 fully saturated rings. The topological polar surface area (TPSA) is 107 Å². The fourth-order valence-electron chi connectivity index (χ4n) is 3.99. The molecule has 6 aromatic rings. The maximum absolute atomic E-state index is 11.6. The molecule has 8 heteroatoms. The predicted molar refractivity (Wildman–Crippen MR) is 136 cm³/mol. The van der Waals surface area contributed by atoms with Crippen molar-refractivity contribution in [2.45, 2.75) is 0 Å². The molecule has 0 radical (unpaired) electrons. The third-order valence-electron chi connectivity index (χ3n) is 5.79. The zero-order chi connectivity index (χ0) is 24.5. The lowest BCUT2D eigenvalue weighted by molar-refractivity contribution is 0.0696. The van der Waals surface area contributed by atoms with Gasteiger partial charge in [-0.2, -0.15) is 4.68 Å². The highest BCUT2D eigenvalue weighted by molar-refractivity contribution is 5.88. The van der Waals surface area contributed by atoms with Crippen LogP contribution in [0.5, 0.6) is 0 Å². The number of rotatable bonds is 5. The summed E-state index contributed by atoms with van der Waals surface area (Å²) >= 11 is 0. The lowest BCUT2D eigenvalue weighted by Gasteiger charge is -2.06. The van der Waals surface area contributed by atoms with E-state index in [1.165, 1.54) is 18.3 Å². The Bertz CT molecular complexity index is 1710. The second-order valence-corrected chi connectivity index (χ2v) is 8.08. The first-order valence-electron chi connectivity index (χ1n) is 11.2. The first-order valence-corrected chi connectivity index (χ1v) is 11.2. The maximum atomic E-state index is 11.6. The number of carboxylic acids is 1. The van der Waals surface area contributed by atoms with Crippen LogP contribution in [0.3, 0.4) is 0 Å². The highest BCUT2D eigenvalue weighted by Gasteiger charge is 2.18. The van der Waals surface area contributed by atoms with E-state index in [4.69, 9.17) is 10.1 Å². The molecule has 0 saturated heterocycles. The van der Waals surface area contributed by atoms with Gasteiger partial charge in [0.1, 0.15) is 0 Å². The Kier molecular flexibility index (Phi) is 5.23. The number of hydrogen-bond donors (Lipinski definition) is 1. The summed E-state index contributed by atoms with van der Waals surface area (Å²) in [5.74, 6) is 0.313. The van der Waals surface area contributed by atoms with Crippen molar-refractivity contribution in [3.05, 3.63) is 109 Å². The van der Waals surface area contributed by atoms with Crippen molar-refractivity contribution in [3.8, 4) is 39.7 Å². The van der Waals surface area contributed by atoms with Gasteiger partial charge >= 0.3 is 5.97 Å². The molecule has 0 unspecified atom stereocenters. The summed E-state index contributed by atoms with van der Waals surface area (Å²) in [6, 6.07) is 26.7. The number of nitrogens with zero attached hydrogens (tertiary/aromatic N) is 6. The molecule has 172 valence electrons. The van der Waals surface area contributed by atoms with Gasteiger partial charge in [-0.05, 0) is 41.5 Å². The van der Waals surface area contributed by atoms with Gasteiger partial charge in [0.05, 0.1) is 16.6 Å². The third-order valence-corrected chi connectivity index (χ3v) is 5.79. The number of aromatic carboxylic acids is 1. The van der Waals surface area contributed by atoms with Crippen LogP contribution in [0.4, 0.5) is 0 Å². The summed E-state index contributed by atoms with van der Waals surface area (Å²) in [6.07, 6.45) is 4.72. The zero-order valence-electron chi connectivity index (χ0n) is 18.9. The molecule has 0 spiro atoms. The average molecular weight is 470 g/mol. The molecule has 0 atom stereocenters. The number of benzene rings is 3. The van der Waals surface area contributed by atoms with Crippen LogP contribution < -0.4 is 0 Å². The summed E-state index contributed by atoms with van der Waals surface area (Å²) in [5, 5.41) is 14.2. The summed E-state index contributed by atoms with van der Waals surface area (Å²) in [7, 11) is 0. The molecule has 36 heavy (non-hydrogen) atoms. The molecule has 6 rings (SSSR count). The monoisotopic (exact) mass is 470 g/mol. The SMILES string of the molecule is O=C(O)c1ccnc(-n2nc(-c3ccc(-c4ccccc4)cc3)nc2-c2ccc3nccnc3c2)c1. The molecule has 0 amide bonds. The smallest absolute Gasteiger partial charge is 0.335 e. The minimum Gasteiger partial charge on any atom is -0.478 e. The molecule has 0 aliphatic heterocycles. The zero-order valence-corrected chi connectivity index (χ0v) is 18.9. The number of hydrogen-bond acceptors (Lipinski definition) is 6. The Morgan fingerprint density at radius 3 is 2.14 bits per heavy atom. The van der Waals surface area contributed by atoms with Crippen molar-refractivity contribution >= 4 is 17.0 Å². The minimum atomic E-state index is -1.04. The van der Waals surface area contributed by atoms with E-state index < -0.39 is 5.97 Å². The van der Waals surface area contributed by atoms with Gasteiger partial charge in [-0.1, -0.05) is 54.6 Å². The van der Waals surface area contributed by atoms with Gasteiger partial charge in [-0.3, -0.25) is 9.97 Å². The molecule has 3 aromatic carbocycles. The highest BCUT2D eigenvalue weighted by atomic mass is 16.4. The van der Waals surface area contributed by atoms with E-state index in [1.54, 1.807) is 17.1 Å². The van der Waals surface area contributed by atoms with E-state index in [-0.39, 0.29) is 5.56 Å². The average Bonchev–Trinajstić information content (AvgIpc) is 3.39. The van der Waals surface area contributed by atoms with Crippen LogP contribution in [0.1, 0.15) is 10.4 Å². The Morgan fingerprint density at radius 2 is 1.36 bits per heavy atom. The second kappa shape index (κ2) is 8.84. The first-order chi connectivity index (χ1) is 17.7. The predicted octanol–water partition coefficient (Wildman–Crippen LogP) is 5.30. The number of aromatic nitrogens is 6. The van der Waals surface area contributed by atoms with E-state index in [1.807, 2.05) is 60.7 Å². The number of carboxylic acid groups (broad SMARTS) is 1. The normalized spacial score (nSPS) is 11.0. The summed E-state index contributed by atoms with van der Waals surface area (Å²) < 4.78 is 1.56. The highest BCUT2D eigenvalue weighted by Crippen LogP contribution is 2.28. The quantitative estimate of drug-likeness (QED) is 0.364. The van der Waals surface area contributed by atoms with Crippen LogP contribution in [0.25, 0.3) is 50.8 Å². The number of pyridine rings is 1. The summed E-state index contributed by atoms with van der Waals surface area (Å²) in [6.45, 7) is 0. The van der Waals surface area contributed by atoms with Crippen LogP contribution in [0, 0.1) is 0 Å². The van der Waals surface area contributed by atoms with Crippen molar-refractivity contribution in [2.24, 2.45) is 0 Å². The Hall–Kier alpha value is -5.24. The molecular formula is C28H18N6O2. The van der Waals surface area contributed by atoms with Crippen LogP contribution in [0.15, 0.2) is 104 Å². The van der Waals surface area contributed by atoms with Crippen LogP contribution in [-0.4, -0.2) is 40.8 Å². The maximum Gasteiger partial charge on any atom is 0.335 e. The number of fused-ring (bicyclic) bond motifs is 1. The first kappa shape index (κ1) is 21.3. The Morgan fingerprint density at radius 1 is 0.667 bits per heavy atom. The van der Waals surface area contributed by atoms with Gasteiger partial charge in [0.15, 0.2) is 17.5 Å². The lowest BCUT2D eigenvalue weighted by Crippen LogP contribution is -2.05. The van der Waals surface area contributed by atoms with Crippen LogP contribution in [0.2, 0.25) is 0 Å². The molecule has 0 bridgehead atoms. The molecule has 0 aliphatic carbocycles. The van der Waals surface area contributed by atoms with Gasteiger partial charge in [0.2, 0.25) is 0 Å². The van der Waals surface area contributed by atoms with E-state index >= 15 is 0 Å². The molecule has 0 saturated carbocycles. The van der Waals surface area contributed by atoms with E-state index in [9.17, 15) is 9.90 Å². The van der Waals surface area contributed by atoms with Crippen LogP contribution >= 0.6 is 0 Å². The van der Waals surface area contributed by atoms with Gasteiger partial charge in [-0.15, -0.1) is 5.10 Å². The van der Waals surface area contributed by atoms with Gasteiger partial charge < -0.3 is 5.11 Å². The minimum absolute atomic E-state index is 0.111. The number of carbonyl (C=O) groups is 1. The molecule has 0 aliphatic rings. The molecule has 3 aromatic heterocycles. The van der Waals surface area contributed by atoms with Crippen LogP contribution in [-0.2, 0) is 0 Å². The fraction of sp³-hybridized carbons (Fsp3) is 0. The van der Waals surface area contributed by atoms with Gasteiger partial charge in [-0.25, -0.2) is 14.8 Å². The fourth-order valence-corrected chi connectivity index (χ4v) is 3.99. The summed E-state index contributed by atoms with van der Waals surface area (Å²) in [4.78, 5) is 29.5. The molecule has 3 heterocycles. The molecule has 1 N–H and O–H groups in total. The van der Waals surface area contributed by atoms with Gasteiger partial charge in [0.25, 0.3) is 0 Å². The van der Waals surface area contributed by atoms with Crippen molar-refractivity contribution in [2.75, 3.05) is 0 Å². The van der Waals surface area contributed by atoms with Crippen molar-refractivity contribution < 1.29 is 9.90 Å².